The summed E-state index contributed by atoms with van der Waals surface area (Å²) in [6.45, 7) is 5.55. The average Bonchev–Trinajstić information content (AvgIpc) is 3.65. The fraction of sp³-hybridized carbons (Fsp3) is 0.515. The number of carbonyl (C=O) groups excluding carboxylic acids is 9. The molecule has 8 N–H and O–H groups in total. The molecule has 0 bridgehead atoms. The van der Waals surface area contributed by atoms with Crippen LogP contribution in [0.3, 0.4) is 0 Å². The number of likely N-dealkylation sites (tertiary alicyclic amines) is 2. The van der Waals surface area contributed by atoms with E-state index in [1.807, 2.05) is 60.7 Å². The van der Waals surface area contributed by atoms with Crippen molar-refractivity contribution in [2.24, 2.45) is 17.6 Å². The summed E-state index contributed by atoms with van der Waals surface area (Å²) in [4.78, 5) is 130. The SMILES string of the molecule is CN[C@@H](C)C(=O)N[C@H](C(=O)N1C[C@@H](NC(C)=O)C[C@H]1CN(CCc1ccccc1)C(=O)CNC(=O)c1ccc(-c2ccc(C(=O)NCC(=O)N(CCc3ccccc3)C[C@@H]3C[C@H](NC(C)=O)CN3C(=O)[C@@H](N)C3CCCCC3)cc2)cc1)C1CCCCC1. The number of hydrogen-bond acceptors (Lipinski definition) is 11. The van der Waals surface area contributed by atoms with Gasteiger partial charge >= 0.3 is 0 Å². The molecule has 2 aliphatic carbocycles. The Morgan fingerprint density at radius 3 is 1.36 bits per heavy atom. The third-order valence-electron chi connectivity index (χ3n) is 18.2. The molecule has 9 amide bonds. The van der Waals surface area contributed by atoms with Crippen LogP contribution >= 0.6 is 0 Å². The first-order valence-corrected chi connectivity index (χ1v) is 31.7. The third kappa shape index (κ3) is 18.5. The van der Waals surface area contributed by atoms with E-state index >= 15 is 0 Å². The van der Waals surface area contributed by atoms with Crippen LogP contribution < -0.4 is 37.6 Å². The zero-order valence-corrected chi connectivity index (χ0v) is 51.7. The van der Waals surface area contributed by atoms with Crippen LogP contribution in [0, 0.1) is 11.8 Å². The summed E-state index contributed by atoms with van der Waals surface area (Å²) in [5, 5.41) is 17.6. The Morgan fingerprint density at radius 1 is 0.545 bits per heavy atom. The number of rotatable bonds is 26. The summed E-state index contributed by atoms with van der Waals surface area (Å²) in [6.07, 6.45) is 11.5. The van der Waals surface area contributed by atoms with E-state index in [4.69, 9.17) is 5.73 Å². The normalized spacial score (nSPS) is 19.8. The molecule has 0 spiro atoms. The molecule has 4 aliphatic rings. The van der Waals surface area contributed by atoms with Crippen LogP contribution in [-0.2, 0) is 46.4 Å². The van der Waals surface area contributed by atoms with E-state index in [1.165, 1.54) is 13.8 Å². The summed E-state index contributed by atoms with van der Waals surface area (Å²) in [5.74, 6) is -2.64. The van der Waals surface area contributed by atoms with Gasteiger partial charge < -0.3 is 57.2 Å². The molecule has 0 radical (unpaired) electrons. The first-order valence-electron chi connectivity index (χ1n) is 31.7. The number of hydrogen-bond donors (Lipinski definition) is 7. The maximum atomic E-state index is 14.8. The van der Waals surface area contributed by atoms with Crippen molar-refractivity contribution in [3.8, 4) is 11.1 Å². The van der Waals surface area contributed by atoms with Crippen LogP contribution in [-0.4, -0.2) is 174 Å². The Labute approximate surface area is 518 Å². The lowest BCUT2D eigenvalue weighted by atomic mass is 9.83. The molecule has 2 heterocycles. The lowest BCUT2D eigenvalue weighted by Gasteiger charge is -2.37. The quantitative estimate of drug-likeness (QED) is 0.0451. The van der Waals surface area contributed by atoms with Gasteiger partial charge in [-0.2, -0.15) is 0 Å². The van der Waals surface area contributed by atoms with Crippen LogP contribution in [0.2, 0.25) is 0 Å². The highest BCUT2D eigenvalue weighted by molar-refractivity contribution is 5.98. The lowest BCUT2D eigenvalue weighted by Crippen LogP contribution is -2.58. The molecule has 472 valence electrons. The smallest absolute Gasteiger partial charge is 0.251 e. The number of benzene rings is 4. The molecular formula is C68H91N11O9. The van der Waals surface area contributed by atoms with Crippen molar-refractivity contribution in [2.45, 2.75) is 153 Å². The van der Waals surface area contributed by atoms with E-state index < -0.39 is 42.0 Å². The topological polar surface area (TPSA) is 265 Å². The molecule has 4 fully saturated rings. The van der Waals surface area contributed by atoms with Crippen molar-refractivity contribution in [1.82, 2.24) is 51.5 Å². The van der Waals surface area contributed by atoms with E-state index in [0.29, 0.717) is 56.4 Å². The van der Waals surface area contributed by atoms with Crippen LogP contribution in [0.25, 0.3) is 11.1 Å². The minimum absolute atomic E-state index is 0.0556. The van der Waals surface area contributed by atoms with Gasteiger partial charge in [-0.3, -0.25) is 43.2 Å². The molecule has 4 aromatic carbocycles. The van der Waals surface area contributed by atoms with Gasteiger partial charge in [0.1, 0.15) is 6.04 Å². The summed E-state index contributed by atoms with van der Waals surface area (Å²) in [5.41, 5.74) is 10.9. The molecule has 20 heteroatoms. The number of amides is 9. The molecule has 2 saturated carbocycles. The summed E-state index contributed by atoms with van der Waals surface area (Å²) < 4.78 is 0. The molecule has 88 heavy (non-hydrogen) atoms. The Kier molecular flexibility index (Phi) is 24.2. The highest BCUT2D eigenvalue weighted by atomic mass is 16.2. The van der Waals surface area contributed by atoms with Gasteiger partial charge in [0.15, 0.2) is 0 Å². The first-order chi connectivity index (χ1) is 42.4. The maximum absolute atomic E-state index is 14.8. The summed E-state index contributed by atoms with van der Waals surface area (Å²) in [7, 11) is 1.69. The predicted octanol–water partition coefficient (Wildman–Crippen LogP) is 4.75. The van der Waals surface area contributed by atoms with Crippen LogP contribution in [0.5, 0.6) is 0 Å². The van der Waals surface area contributed by atoms with Gasteiger partial charge in [0.2, 0.25) is 41.4 Å². The van der Waals surface area contributed by atoms with Crippen LogP contribution in [0.1, 0.15) is 130 Å². The monoisotopic (exact) mass is 1210 g/mol. The van der Waals surface area contributed by atoms with Gasteiger partial charge in [0.05, 0.1) is 37.3 Å². The molecule has 0 unspecified atom stereocenters. The van der Waals surface area contributed by atoms with Gasteiger partial charge in [-0.25, -0.2) is 0 Å². The molecular weight excluding hydrogens is 1110 g/mol. The highest BCUT2D eigenvalue weighted by Gasteiger charge is 2.44. The van der Waals surface area contributed by atoms with E-state index in [1.54, 1.807) is 82.1 Å². The first kappa shape index (κ1) is 66.0. The van der Waals surface area contributed by atoms with Crippen LogP contribution in [0.15, 0.2) is 109 Å². The standard InChI is InChI=1S/C68H91N11O9/c1-45(70-4)64(84)75-63(53-23-15-8-16-24-53)68(88)79-42-57(74-47(3)81)38-59(79)44-77(36-34-49-19-11-6-12-20-49)61(83)40-72-66(86)55-31-27-51(28-32-55)50-25-29-54(30-26-50)65(85)71-39-60(82)76(35-33-48-17-9-5-10-18-48)43-58-37-56(73-46(2)80)41-78(58)67(87)62(69)52-21-13-7-14-22-52/h5-6,9-12,17-20,25-32,45,52-53,56-59,62-63,70H,7-8,13-16,21-24,33-44,69H2,1-4H3,(H,71,85)(H,72,86)(H,73,80)(H,74,81)(H,75,84)/t45-,56-,57-,58-,59-,62-,63-/m0/s1. The molecule has 2 aliphatic heterocycles. The Bertz CT molecular complexity index is 3010. The molecule has 0 aromatic heterocycles. The van der Waals surface area contributed by atoms with Crippen molar-refractivity contribution in [2.75, 3.05) is 59.4 Å². The van der Waals surface area contributed by atoms with E-state index in [0.717, 1.165) is 86.5 Å². The van der Waals surface area contributed by atoms with Crippen molar-refractivity contribution in [3.05, 3.63) is 131 Å². The number of likely N-dealkylation sites (N-methyl/N-ethyl adjacent to an activating group) is 1. The number of nitrogens with zero attached hydrogens (tertiary/aromatic N) is 4. The second-order valence-electron chi connectivity index (χ2n) is 24.5. The molecule has 8 rings (SSSR count). The fourth-order valence-electron chi connectivity index (χ4n) is 13.2. The molecule has 7 atom stereocenters. The van der Waals surface area contributed by atoms with Crippen LogP contribution in [0.4, 0.5) is 0 Å². The van der Waals surface area contributed by atoms with E-state index in [-0.39, 0.29) is 98.0 Å². The molecule has 2 saturated heterocycles. The molecule has 4 aromatic rings. The number of nitrogens with one attached hydrogen (secondary N) is 6. The van der Waals surface area contributed by atoms with E-state index in [2.05, 4.69) is 31.9 Å². The second-order valence-corrected chi connectivity index (χ2v) is 24.5. The van der Waals surface area contributed by atoms with Gasteiger partial charge in [-0.15, -0.1) is 0 Å². The Hall–Kier alpha value is -7.97. The summed E-state index contributed by atoms with van der Waals surface area (Å²) >= 11 is 0. The van der Waals surface area contributed by atoms with Gasteiger partial charge in [0.25, 0.3) is 11.8 Å². The zero-order chi connectivity index (χ0) is 62.7. The van der Waals surface area contributed by atoms with Crippen molar-refractivity contribution in [1.29, 1.82) is 0 Å². The van der Waals surface area contributed by atoms with E-state index in [9.17, 15) is 43.2 Å². The Morgan fingerprint density at radius 2 is 0.955 bits per heavy atom. The predicted molar refractivity (Wildman–Crippen MR) is 337 cm³/mol. The third-order valence-corrected chi connectivity index (χ3v) is 18.2. The highest BCUT2D eigenvalue weighted by Crippen LogP contribution is 2.32. The number of carbonyl (C=O) groups is 9. The summed E-state index contributed by atoms with van der Waals surface area (Å²) in [6, 6.07) is 29.8. The minimum Gasteiger partial charge on any atom is -0.352 e. The van der Waals surface area contributed by atoms with Gasteiger partial charge in [-0.05, 0) is 124 Å². The van der Waals surface area contributed by atoms with Gasteiger partial charge in [-0.1, -0.05) is 123 Å². The second kappa shape index (κ2) is 32.3. The van der Waals surface area contributed by atoms with Crippen molar-refractivity contribution < 1.29 is 43.2 Å². The van der Waals surface area contributed by atoms with Crippen molar-refractivity contribution >= 4 is 53.2 Å². The minimum atomic E-state index is -0.768. The fourth-order valence-corrected chi connectivity index (χ4v) is 13.2. The zero-order valence-electron chi connectivity index (χ0n) is 51.7. The largest absolute Gasteiger partial charge is 0.352 e. The lowest BCUT2D eigenvalue weighted by molar-refractivity contribution is -0.141. The van der Waals surface area contributed by atoms with Crippen molar-refractivity contribution in [3.63, 3.8) is 0 Å². The number of nitrogens with two attached hydrogens (primary N) is 1. The maximum Gasteiger partial charge on any atom is 0.251 e. The van der Waals surface area contributed by atoms with Gasteiger partial charge in [0, 0.05) is 76.3 Å². The average molecular weight is 1210 g/mol. The Balaban J connectivity index is 0.889. The molecule has 20 nitrogen and oxygen atoms in total.